The number of fused-ring (bicyclic) bond motifs is 1. The Balaban J connectivity index is 1.68. The third-order valence-electron chi connectivity index (χ3n) is 3.62. The molecule has 102 valence electrons. The molecular weight excluding hydrogens is 263 g/mol. The van der Waals surface area contributed by atoms with Gasteiger partial charge in [0, 0.05) is 16.2 Å². The minimum absolute atomic E-state index is 0.227. The van der Waals surface area contributed by atoms with Gasteiger partial charge in [0.15, 0.2) is 0 Å². The molecule has 2 unspecified atom stereocenters. The van der Waals surface area contributed by atoms with Crippen LogP contribution in [0.15, 0.2) is 24.3 Å². The fourth-order valence-electron chi connectivity index (χ4n) is 2.55. The molecule has 2 aromatic rings. The quantitative estimate of drug-likeness (QED) is 0.916. The summed E-state index contributed by atoms with van der Waals surface area (Å²) in [5, 5.41) is 11.2. The van der Waals surface area contributed by atoms with E-state index in [1.54, 1.807) is 6.07 Å². The number of thiophene rings is 1. The average molecular weight is 280 g/mol. The molecule has 19 heavy (non-hydrogen) atoms. The topological polar surface area (TPSA) is 29.5 Å². The van der Waals surface area contributed by atoms with Gasteiger partial charge in [-0.05, 0) is 49.3 Å². The number of hydrogen-bond donors (Lipinski definition) is 1. The fraction of sp³-hybridized carbons (Fsp3) is 0.467. The third-order valence-corrected chi connectivity index (χ3v) is 4.81. The van der Waals surface area contributed by atoms with Crippen molar-refractivity contribution in [2.75, 3.05) is 6.61 Å². The molecule has 1 aromatic carbocycles. The normalized spacial score (nSPS) is 21.1. The Morgan fingerprint density at radius 2 is 2.32 bits per heavy atom. The van der Waals surface area contributed by atoms with Crippen LogP contribution in [0.4, 0.5) is 4.39 Å². The van der Waals surface area contributed by atoms with Crippen LogP contribution in [0, 0.1) is 5.82 Å². The summed E-state index contributed by atoms with van der Waals surface area (Å²) >= 11 is 1.47. The van der Waals surface area contributed by atoms with Crippen LogP contribution in [0.5, 0.6) is 0 Å². The number of halogens is 1. The lowest BCUT2D eigenvalue weighted by atomic mass is 10.1. The summed E-state index contributed by atoms with van der Waals surface area (Å²) in [5.74, 6) is -0.227. The van der Waals surface area contributed by atoms with Gasteiger partial charge in [-0.2, -0.15) is 0 Å². The van der Waals surface area contributed by atoms with Crippen molar-refractivity contribution in [3.05, 3.63) is 35.0 Å². The van der Waals surface area contributed by atoms with Gasteiger partial charge in [-0.25, -0.2) is 4.39 Å². The summed E-state index contributed by atoms with van der Waals surface area (Å²) in [6.45, 7) is 0.850. The summed E-state index contributed by atoms with van der Waals surface area (Å²) in [6, 6.07) is 6.70. The second-order valence-electron chi connectivity index (χ2n) is 5.06. The molecule has 0 saturated carbocycles. The van der Waals surface area contributed by atoms with Crippen LogP contribution < -0.4 is 0 Å². The van der Waals surface area contributed by atoms with Crippen molar-refractivity contribution in [2.45, 2.75) is 37.9 Å². The molecule has 1 N–H and O–H groups in total. The highest BCUT2D eigenvalue weighted by Gasteiger charge is 2.18. The van der Waals surface area contributed by atoms with Crippen LogP contribution in [0.3, 0.4) is 0 Å². The number of benzene rings is 1. The molecule has 1 aromatic heterocycles. The van der Waals surface area contributed by atoms with Crippen LogP contribution in [-0.4, -0.2) is 17.8 Å². The molecule has 0 bridgehead atoms. The Labute approximate surface area is 115 Å². The molecule has 2 nitrogen and oxygen atoms in total. The molecule has 0 amide bonds. The predicted molar refractivity (Wildman–Crippen MR) is 75.0 cm³/mol. The second-order valence-corrected chi connectivity index (χ2v) is 6.17. The van der Waals surface area contributed by atoms with E-state index in [1.807, 2.05) is 6.07 Å². The predicted octanol–water partition coefficient (Wildman–Crippen LogP) is 4.03. The standard InChI is InChI=1S/C15H17FO2S/c16-11-4-3-10-8-15(19-14(10)9-11)13(17)6-5-12-2-1-7-18-12/h3-4,8-9,12-13,17H,1-2,5-7H2. The zero-order chi connectivity index (χ0) is 13.2. The SMILES string of the molecule is OC(CCC1CCCO1)c1cc2ccc(F)cc2s1. The molecule has 2 atom stereocenters. The van der Waals surface area contributed by atoms with E-state index in [1.165, 1.54) is 23.5 Å². The molecular formula is C15H17FO2S. The lowest BCUT2D eigenvalue weighted by Gasteiger charge is -2.12. The number of aliphatic hydroxyl groups excluding tert-OH is 1. The fourth-order valence-corrected chi connectivity index (χ4v) is 3.66. The van der Waals surface area contributed by atoms with Gasteiger partial charge in [0.2, 0.25) is 0 Å². The highest BCUT2D eigenvalue weighted by atomic mass is 32.1. The van der Waals surface area contributed by atoms with Crippen molar-refractivity contribution < 1.29 is 14.2 Å². The average Bonchev–Trinajstić information content (AvgIpc) is 3.04. The van der Waals surface area contributed by atoms with Crippen molar-refractivity contribution in [1.82, 2.24) is 0 Å². The molecule has 1 fully saturated rings. The summed E-state index contributed by atoms with van der Waals surface area (Å²) in [7, 11) is 0. The Hall–Kier alpha value is -0.970. The Bertz CT molecular complexity index is 560. The first-order valence-corrected chi connectivity index (χ1v) is 7.53. The Kier molecular flexibility index (Phi) is 3.82. The van der Waals surface area contributed by atoms with E-state index in [4.69, 9.17) is 4.74 Å². The highest BCUT2D eigenvalue weighted by molar-refractivity contribution is 7.19. The maximum Gasteiger partial charge on any atom is 0.124 e. The first-order valence-electron chi connectivity index (χ1n) is 6.71. The maximum atomic E-state index is 13.1. The molecule has 2 heterocycles. The third kappa shape index (κ3) is 2.96. The van der Waals surface area contributed by atoms with Crippen molar-refractivity contribution in [3.8, 4) is 0 Å². The monoisotopic (exact) mass is 280 g/mol. The molecule has 0 aliphatic carbocycles. The lowest BCUT2D eigenvalue weighted by Crippen LogP contribution is -2.07. The highest BCUT2D eigenvalue weighted by Crippen LogP contribution is 2.33. The van der Waals surface area contributed by atoms with Gasteiger partial charge in [-0.15, -0.1) is 11.3 Å². The van der Waals surface area contributed by atoms with E-state index in [0.29, 0.717) is 12.5 Å². The van der Waals surface area contributed by atoms with Crippen LogP contribution >= 0.6 is 11.3 Å². The van der Waals surface area contributed by atoms with Crippen LogP contribution in [0.2, 0.25) is 0 Å². The van der Waals surface area contributed by atoms with Crippen molar-refractivity contribution >= 4 is 21.4 Å². The van der Waals surface area contributed by atoms with Gasteiger partial charge in [-0.3, -0.25) is 0 Å². The van der Waals surface area contributed by atoms with E-state index >= 15 is 0 Å². The largest absolute Gasteiger partial charge is 0.388 e. The van der Waals surface area contributed by atoms with E-state index < -0.39 is 6.10 Å². The van der Waals surface area contributed by atoms with Gasteiger partial charge in [-0.1, -0.05) is 6.07 Å². The van der Waals surface area contributed by atoms with Crippen LogP contribution in [0.25, 0.3) is 10.1 Å². The van der Waals surface area contributed by atoms with Gasteiger partial charge in [0.05, 0.1) is 12.2 Å². The lowest BCUT2D eigenvalue weighted by molar-refractivity contribution is 0.0820. The summed E-state index contributed by atoms with van der Waals surface area (Å²) in [5.41, 5.74) is 0. The minimum Gasteiger partial charge on any atom is -0.388 e. The summed E-state index contributed by atoms with van der Waals surface area (Å²) in [4.78, 5) is 0.915. The molecule has 4 heteroatoms. The Morgan fingerprint density at radius 3 is 3.11 bits per heavy atom. The van der Waals surface area contributed by atoms with Crippen LogP contribution in [-0.2, 0) is 4.74 Å². The maximum absolute atomic E-state index is 13.1. The van der Waals surface area contributed by atoms with Gasteiger partial charge in [0.1, 0.15) is 5.82 Å². The van der Waals surface area contributed by atoms with E-state index in [0.717, 1.165) is 40.8 Å². The molecule has 1 aliphatic heterocycles. The Morgan fingerprint density at radius 1 is 1.42 bits per heavy atom. The number of aliphatic hydroxyl groups is 1. The van der Waals surface area contributed by atoms with Crippen molar-refractivity contribution in [3.63, 3.8) is 0 Å². The number of ether oxygens (including phenoxy) is 1. The van der Waals surface area contributed by atoms with E-state index in [9.17, 15) is 9.50 Å². The number of hydrogen-bond acceptors (Lipinski definition) is 3. The van der Waals surface area contributed by atoms with Crippen molar-refractivity contribution in [1.29, 1.82) is 0 Å². The van der Waals surface area contributed by atoms with Crippen molar-refractivity contribution in [2.24, 2.45) is 0 Å². The summed E-state index contributed by atoms with van der Waals surface area (Å²) < 4.78 is 19.6. The van der Waals surface area contributed by atoms with E-state index in [2.05, 4.69) is 0 Å². The van der Waals surface area contributed by atoms with Gasteiger partial charge in [0.25, 0.3) is 0 Å². The molecule has 0 radical (unpaired) electrons. The second kappa shape index (κ2) is 5.57. The minimum atomic E-state index is -0.468. The van der Waals surface area contributed by atoms with Gasteiger partial charge < -0.3 is 9.84 Å². The molecule has 3 rings (SSSR count). The van der Waals surface area contributed by atoms with Crippen LogP contribution in [0.1, 0.15) is 36.7 Å². The molecule has 0 spiro atoms. The first-order chi connectivity index (χ1) is 9.22. The smallest absolute Gasteiger partial charge is 0.124 e. The molecule has 1 saturated heterocycles. The van der Waals surface area contributed by atoms with Gasteiger partial charge >= 0.3 is 0 Å². The zero-order valence-corrected chi connectivity index (χ0v) is 11.5. The summed E-state index contributed by atoms with van der Waals surface area (Å²) in [6.07, 6.45) is 3.67. The molecule has 1 aliphatic rings. The first kappa shape index (κ1) is 13.0. The van der Waals surface area contributed by atoms with E-state index in [-0.39, 0.29) is 5.82 Å². The zero-order valence-electron chi connectivity index (χ0n) is 10.6. The number of rotatable bonds is 4.